The van der Waals surface area contributed by atoms with Crippen LogP contribution in [0.2, 0.25) is 0 Å². The van der Waals surface area contributed by atoms with Gasteiger partial charge in [-0.1, -0.05) is 12.1 Å². The van der Waals surface area contributed by atoms with Crippen LogP contribution in [0.3, 0.4) is 0 Å². The van der Waals surface area contributed by atoms with Crippen molar-refractivity contribution >= 4 is 17.6 Å². The highest BCUT2D eigenvalue weighted by molar-refractivity contribution is 5.84. The Kier molecular flexibility index (Phi) is 5.36. The smallest absolute Gasteiger partial charge is 0.423 e. The standard InChI is InChI=1S/C19H12F6N2O3/c20-18(21,22)10-4-5-12-11(2-1-3-14(12)19(23,24)25)13(8-10)15(28)9-27-7-6-26-16(27)17(29)30/h1-3,5-8,15,28H,9H2,(H,29,30). The molecular formula is C19H12F6N2O3. The number of nitrogens with zero attached hydrogens (tertiary/aromatic N) is 2. The monoisotopic (exact) mass is 430 g/mol. The highest BCUT2D eigenvalue weighted by Crippen LogP contribution is 2.40. The van der Waals surface area contributed by atoms with Crippen molar-refractivity contribution in [2.45, 2.75) is 25.0 Å². The van der Waals surface area contributed by atoms with E-state index < -0.39 is 59.1 Å². The van der Waals surface area contributed by atoms with Crippen molar-refractivity contribution in [1.82, 2.24) is 9.55 Å². The minimum Gasteiger partial charge on any atom is -0.475 e. The number of alkyl halides is 6. The Morgan fingerprint density at radius 1 is 1.17 bits per heavy atom. The summed E-state index contributed by atoms with van der Waals surface area (Å²) in [5, 5.41) is 19.7. The lowest BCUT2D eigenvalue weighted by Gasteiger charge is -2.20. The topological polar surface area (TPSA) is 75.3 Å². The van der Waals surface area contributed by atoms with Gasteiger partial charge in [0.1, 0.15) is 0 Å². The molecule has 0 radical (unpaired) electrons. The second-order valence-corrected chi connectivity index (χ2v) is 6.29. The first-order valence-electron chi connectivity index (χ1n) is 8.28. The normalized spacial score (nSPS) is 15.2. The minimum absolute atomic E-state index is 0.277. The Hall–Kier alpha value is -3.30. The van der Waals surface area contributed by atoms with Gasteiger partial charge in [-0.2, -0.15) is 26.3 Å². The molecule has 0 fully saturated rings. The third-order valence-electron chi connectivity index (χ3n) is 4.34. The van der Waals surface area contributed by atoms with Gasteiger partial charge in [-0.15, -0.1) is 5.73 Å². The van der Waals surface area contributed by atoms with Gasteiger partial charge in [0.2, 0.25) is 5.82 Å². The largest absolute Gasteiger partial charge is 0.475 e. The predicted molar refractivity (Wildman–Crippen MR) is 92.2 cm³/mol. The Bertz CT molecular complexity index is 1090. The molecule has 0 spiro atoms. The molecule has 0 bridgehead atoms. The summed E-state index contributed by atoms with van der Waals surface area (Å²) in [4.78, 5) is 14.7. The fraction of sp³-hybridized carbons (Fsp3) is 0.211. The Morgan fingerprint density at radius 3 is 2.47 bits per heavy atom. The molecule has 1 aromatic heterocycles. The number of benzene rings is 1. The van der Waals surface area contributed by atoms with Crippen LogP contribution in [0, 0.1) is 0 Å². The van der Waals surface area contributed by atoms with Crippen molar-refractivity contribution in [2.75, 3.05) is 0 Å². The van der Waals surface area contributed by atoms with Crippen LogP contribution in [0.15, 0.2) is 48.0 Å². The number of carbonyl (C=O) groups is 1. The molecule has 30 heavy (non-hydrogen) atoms. The maximum absolute atomic E-state index is 13.4. The fourth-order valence-electron chi connectivity index (χ4n) is 3.02. The average Bonchev–Trinajstić information content (AvgIpc) is 2.98. The van der Waals surface area contributed by atoms with Crippen molar-refractivity contribution in [1.29, 1.82) is 0 Å². The molecular weight excluding hydrogens is 418 g/mol. The second-order valence-electron chi connectivity index (χ2n) is 6.29. The Morgan fingerprint density at radius 2 is 1.87 bits per heavy atom. The first-order valence-corrected chi connectivity index (χ1v) is 8.28. The molecule has 11 heteroatoms. The van der Waals surface area contributed by atoms with E-state index in [0.717, 1.165) is 22.9 Å². The van der Waals surface area contributed by atoms with Gasteiger partial charge >= 0.3 is 18.3 Å². The molecule has 3 rings (SSSR count). The number of allylic oxidation sites excluding steroid dienone is 2. The van der Waals surface area contributed by atoms with Gasteiger partial charge in [0.15, 0.2) is 0 Å². The minimum atomic E-state index is -4.94. The van der Waals surface area contributed by atoms with E-state index in [1.165, 1.54) is 6.20 Å². The first kappa shape index (κ1) is 21.4. The average molecular weight is 430 g/mol. The number of carboxylic acid groups (broad SMARTS) is 1. The number of imidazole rings is 1. The molecule has 0 aliphatic heterocycles. The van der Waals surface area contributed by atoms with Crippen LogP contribution in [0.25, 0.3) is 11.6 Å². The summed E-state index contributed by atoms with van der Waals surface area (Å²) in [7, 11) is 0. The zero-order chi connectivity index (χ0) is 22.3. The SMILES string of the molecule is O=C(O)c1nccn1CC(O)C1=CC(C(F)(F)F)=C=Cc2c1cccc2C(F)(F)F. The lowest BCUT2D eigenvalue weighted by molar-refractivity contribution is -0.137. The second kappa shape index (κ2) is 7.51. The molecule has 1 aliphatic carbocycles. The molecule has 2 N–H and O–H groups in total. The maximum atomic E-state index is 13.4. The molecule has 0 amide bonds. The summed E-state index contributed by atoms with van der Waals surface area (Å²) in [6.45, 7) is -0.547. The molecule has 1 atom stereocenters. The van der Waals surface area contributed by atoms with E-state index in [1.807, 2.05) is 5.73 Å². The number of aromatic carboxylic acids is 1. The van der Waals surface area contributed by atoms with Crippen molar-refractivity contribution < 1.29 is 41.4 Å². The number of hydrogen-bond donors (Lipinski definition) is 2. The predicted octanol–water partition coefficient (Wildman–Crippen LogP) is 4.16. The van der Waals surface area contributed by atoms with Crippen LogP contribution >= 0.6 is 0 Å². The van der Waals surface area contributed by atoms with Gasteiger partial charge in [0, 0.05) is 18.0 Å². The number of fused-ring (bicyclic) bond motifs is 1. The summed E-state index contributed by atoms with van der Waals surface area (Å²) in [6.07, 6.45) is -8.20. The lowest BCUT2D eigenvalue weighted by Crippen LogP contribution is -2.22. The Labute approximate surface area is 164 Å². The van der Waals surface area contributed by atoms with E-state index in [1.54, 1.807) is 0 Å². The highest BCUT2D eigenvalue weighted by Gasteiger charge is 2.37. The molecule has 0 saturated carbocycles. The molecule has 2 aromatic rings. The third kappa shape index (κ3) is 4.17. The van der Waals surface area contributed by atoms with E-state index in [2.05, 4.69) is 4.98 Å². The van der Waals surface area contributed by atoms with Gasteiger partial charge in [0.05, 0.1) is 23.8 Å². The number of aliphatic hydroxyl groups excluding tert-OH is 1. The maximum Gasteiger partial charge on any atom is 0.423 e. The van der Waals surface area contributed by atoms with E-state index in [-0.39, 0.29) is 5.56 Å². The fourth-order valence-corrected chi connectivity index (χ4v) is 3.02. The van der Waals surface area contributed by atoms with Crippen LogP contribution in [0.1, 0.15) is 27.3 Å². The molecule has 1 aliphatic rings. The van der Waals surface area contributed by atoms with Gasteiger partial charge in [-0.25, -0.2) is 9.78 Å². The van der Waals surface area contributed by atoms with Crippen LogP contribution in [-0.2, 0) is 12.7 Å². The van der Waals surface area contributed by atoms with E-state index in [9.17, 15) is 36.2 Å². The Balaban J connectivity index is 2.16. The lowest BCUT2D eigenvalue weighted by atomic mass is 9.92. The summed E-state index contributed by atoms with van der Waals surface area (Å²) in [5.74, 6) is -1.93. The van der Waals surface area contributed by atoms with Gasteiger partial charge in [-0.3, -0.25) is 0 Å². The van der Waals surface area contributed by atoms with Crippen molar-refractivity contribution in [3.63, 3.8) is 0 Å². The zero-order valence-electron chi connectivity index (χ0n) is 14.8. The zero-order valence-corrected chi connectivity index (χ0v) is 14.8. The number of rotatable bonds is 4. The molecule has 1 heterocycles. The van der Waals surface area contributed by atoms with Crippen LogP contribution < -0.4 is 0 Å². The summed E-state index contributed by atoms with van der Waals surface area (Å²) in [6, 6.07) is 2.86. The molecule has 1 unspecified atom stereocenters. The third-order valence-corrected chi connectivity index (χ3v) is 4.34. The molecule has 0 saturated heterocycles. The number of carboxylic acids is 1. The van der Waals surface area contributed by atoms with Crippen LogP contribution in [-0.4, -0.2) is 38.0 Å². The number of aromatic nitrogens is 2. The van der Waals surface area contributed by atoms with Gasteiger partial charge < -0.3 is 14.8 Å². The molecule has 5 nitrogen and oxygen atoms in total. The number of aliphatic hydroxyl groups is 1. The van der Waals surface area contributed by atoms with E-state index in [4.69, 9.17) is 5.11 Å². The van der Waals surface area contributed by atoms with Crippen LogP contribution in [0.4, 0.5) is 26.3 Å². The molecule has 158 valence electrons. The summed E-state index contributed by atoms with van der Waals surface area (Å²) in [5.41, 5.74) is -2.07. The summed E-state index contributed by atoms with van der Waals surface area (Å²) >= 11 is 0. The highest BCUT2D eigenvalue weighted by atomic mass is 19.4. The van der Waals surface area contributed by atoms with Gasteiger partial charge in [-0.05, 0) is 29.4 Å². The van der Waals surface area contributed by atoms with Crippen molar-refractivity contribution in [2.24, 2.45) is 0 Å². The van der Waals surface area contributed by atoms with Crippen molar-refractivity contribution in [3.8, 4) is 0 Å². The first-order chi connectivity index (χ1) is 13.9. The van der Waals surface area contributed by atoms with Crippen LogP contribution in [0.5, 0.6) is 0 Å². The number of hydrogen-bond acceptors (Lipinski definition) is 3. The van der Waals surface area contributed by atoms with E-state index >= 15 is 0 Å². The molecule has 1 aromatic carbocycles. The number of halogens is 6. The quantitative estimate of drug-likeness (QED) is 0.564. The summed E-state index contributed by atoms with van der Waals surface area (Å²) < 4.78 is 81.0. The van der Waals surface area contributed by atoms with Crippen molar-refractivity contribution in [3.05, 3.63) is 70.5 Å². The van der Waals surface area contributed by atoms with E-state index in [0.29, 0.717) is 18.2 Å². The van der Waals surface area contributed by atoms with Gasteiger partial charge in [0.25, 0.3) is 0 Å².